The third-order valence-corrected chi connectivity index (χ3v) is 4.90. The minimum atomic E-state index is -3.83. The van der Waals surface area contributed by atoms with Crippen LogP contribution < -0.4 is 4.72 Å². The maximum absolute atomic E-state index is 12.3. The summed E-state index contributed by atoms with van der Waals surface area (Å²) in [6.45, 7) is 0. The van der Waals surface area contributed by atoms with Crippen molar-refractivity contribution < 1.29 is 17.9 Å². The molecule has 5 nitrogen and oxygen atoms in total. The lowest BCUT2D eigenvalue weighted by Crippen LogP contribution is -2.16. The number of carbonyl (C=O) groups excluding carboxylic acids is 1. The highest BCUT2D eigenvalue weighted by atomic mass is 79.9. The maximum atomic E-state index is 12.3. The molecular formula is C14H11BrClNO4S. The lowest BCUT2D eigenvalue weighted by molar-refractivity contribution is 0.0602. The fourth-order valence-electron chi connectivity index (χ4n) is 1.70. The lowest BCUT2D eigenvalue weighted by atomic mass is 10.2. The van der Waals surface area contributed by atoms with E-state index < -0.39 is 16.0 Å². The van der Waals surface area contributed by atoms with Gasteiger partial charge in [0, 0.05) is 9.50 Å². The molecule has 0 aliphatic heterocycles. The molecule has 0 amide bonds. The average molecular weight is 405 g/mol. The SMILES string of the molecule is COC(=O)c1cc(Cl)ccc1NS(=O)(=O)c1ccc(Br)cc1. The van der Waals surface area contributed by atoms with Gasteiger partial charge in [-0.1, -0.05) is 27.5 Å². The number of methoxy groups -OCH3 is 1. The third kappa shape index (κ3) is 3.79. The van der Waals surface area contributed by atoms with Gasteiger partial charge in [0.25, 0.3) is 10.0 Å². The van der Waals surface area contributed by atoms with Crippen molar-refractivity contribution in [2.24, 2.45) is 0 Å². The molecular weight excluding hydrogens is 394 g/mol. The molecule has 22 heavy (non-hydrogen) atoms. The van der Waals surface area contributed by atoms with E-state index in [1.165, 1.54) is 37.4 Å². The Balaban J connectivity index is 2.41. The van der Waals surface area contributed by atoms with Crippen molar-refractivity contribution in [2.75, 3.05) is 11.8 Å². The number of hydrogen-bond acceptors (Lipinski definition) is 4. The normalized spacial score (nSPS) is 11.0. The Morgan fingerprint density at radius 1 is 1.18 bits per heavy atom. The highest BCUT2D eigenvalue weighted by molar-refractivity contribution is 9.10. The van der Waals surface area contributed by atoms with Crippen molar-refractivity contribution in [1.82, 2.24) is 0 Å². The van der Waals surface area contributed by atoms with Crippen LogP contribution in [0.25, 0.3) is 0 Å². The highest BCUT2D eigenvalue weighted by Gasteiger charge is 2.19. The standard InChI is InChI=1S/C14H11BrClNO4S/c1-21-14(18)12-8-10(16)4-7-13(12)17-22(19,20)11-5-2-9(15)3-6-11/h2-8,17H,1H3. The monoisotopic (exact) mass is 403 g/mol. The van der Waals surface area contributed by atoms with Gasteiger partial charge < -0.3 is 4.74 Å². The Kier molecular flexibility index (Phi) is 5.10. The minimum Gasteiger partial charge on any atom is -0.465 e. The third-order valence-electron chi connectivity index (χ3n) is 2.76. The van der Waals surface area contributed by atoms with Gasteiger partial charge in [-0.05, 0) is 42.5 Å². The molecule has 0 radical (unpaired) electrons. The Labute approximate surface area is 141 Å². The summed E-state index contributed by atoms with van der Waals surface area (Å²) >= 11 is 9.07. The van der Waals surface area contributed by atoms with Crippen molar-refractivity contribution in [3.8, 4) is 0 Å². The van der Waals surface area contributed by atoms with Gasteiger partial charge in [0.15, 0.2) is 0 Å². The number of hydrogen-bond donors (Lipinski definition) is 1. The van der Waals surface area contributed by atoms with Crippen LogP contribution in [0.2, 0.25) is 5.02 Å². The zero-order valence-corrected chi connectivity index (χ0v) is 14.5. The van der Waals surface area contributed by atoms with Gasteiger partial charge in [-0.25, -0.2) is 13.2 Å². The molecule has 0 aliphatic rings. The van der Waals surface area contributed by atoms with E-state index >= 15 is 0 Å². The van der Waals surface area contributed by atoms with Crippen molar-refractivity contribution in [3.63, 3.8) is 0 Å². The molecule has 2 aromatic carbocycles. The van der Waals surface area contributed by atoms with E-state index in [1.807, 2.05) is 0 Å². The van der Waals surface area contributed by atoms with Gasteiger partial charge in [-0.15, -0.1) is 0 Å². The van der Waals surface area contributed by atoms with E-state index in [-0.39, 0.29) is 16.1 Å². The van der Waals surface area contributed by atoms with Crippen LogP contribution in [-0.2, 0) is 14.8 Å². The summed E-state index contributed by atoms with van der Waals surface area (Å²) < 4.78 is 32.4. The van der Waals surface area contributed by atoms with E-state index in [9.17, 15) is 13.2 Å². The molecule has 116 valence electrons. The number of rotatable bonds is 4. The van der Waals surface area contributed by atoms with Crippen LogP contribution in [0.4, 0.5) is 5.69 Å². The number of anilines is 1. The van der Waals surface area contributed by atoms with Crippen molar-refractivity contribution in [1.29, 1.82) is 0 Å². The van der Waals surface area contributed by atoms with Gasteiger partial charge in [-0.3, -0.25) is 4.72 Å². The second-order valence-electron chi connectivity index (χ2n) is 4.24. The summed E-state index contributed by atoms with van der Waals surface area (Å²) in [6, 6.07) is 10.3. The van der Waals surface area contributed by atoms with Gasteiger partial charge in [0.2, 0.25) is 0 Å². The fraction of sp³-hybridized carbons (Fsp3) is 0.0714. The topological polar surface area (TPSA) is 72.5 Å². The summed E-state index contributed by atoms with van der Waals surface area (Å²) in [5.41, 5.74) is 0.134. The molecule has 0 unspecified atom stereocenters. The maximum Gasteiger partial charge on any atom is 0.340 e. The Morgan fingerprint density at radius 2 is 1.82 bits per heavy atom. The van der Waals surface area contributed by atoms with Gasteiger partial charge in [0.05, 0.1) is 23.3 Å². The number of sulfonamides is 1. The van der Waals surface area contributed by atoms with Crippen LogP contribution >= 0.6 is 27.5 Å². The first-order valence-corrected chi connectivity index (χ1v) is 8.65. The van der Waals surface area contributed by atoms with Gasteiger partial charge >= 0.3 is 5.97 Å². The van der Waals surface area contributed by atoms with E-state index in [1.54, 1.807) is 12.1 Å². The van der Waals surface area contributed by atoms with Crippen LogP contribution in [0.15, 0.2) is 51.8 Å². The van der Waals surface area contributed by atoms with Crippen molar-refractivity contribution in [3.05, 3.63) is 57.5 Å². The van der Waals surface area contributed by atoms with E-state index in [0.717, 1.165) is 4.47 Å². The summed E-state index contributed by atoms with van der Waals surface area (Å²) in [6.07, 6.45) is 0. The molecule has 0 bridgehead atoms. The summed E-state index contributed by atoms with van der Waals surface area (Å²) in [4.78, 5) is 11.8. The first-order valence-electron chi connectivity index (χ1n) is 6.00. The van der Waals surface area contributed by atoms with Crippen LogP contribution in [0.1, 0.15) is 10.4 Å². The molecule has 2 aromatic rings. The second kappa shape index (κ2) is 6.68. The predicted octanol–water partition coefficient (Wildman–Crippen LogP) is 3.69. The van der Waals surface area contributed by atoms with E-state index in [2.05, 4.69) is 25.4 Å². The molecule has 0 aromatic heterocycles. The van der Waals surface area contributed by atoms with E-state index in [0.29, 0.717) is 5.02 Å². The second-order valence-corrected chi connectivity index (χ2v) is 7.28. The lowest BCUT2D eigenvalue weighted by Gasteiger charge is -2.12. The molecule has 8 heteroatoms. The van der Waals surface area contributed by atoms with Crippen LogP contribution in [0, 0.1) is 0 Å². The zero-order chi connectivity index (χ0) is 16.3. The van der Waals surface area contributed by atoms with Crippen LogP contribution in [-0.4, -0.2) is 21.5 Å². The zero-order valence-electron chi connectivity index (χ0n) is 11.3. The molecule has 1 N–H and O–H groups in total. The number of esters is 1. The molecule has 0 fully saturated rings. The smallest absolute Gasteiger partial charge is 0.340 e. The summed E-state index contributed by atoms with van der Waals surface area (Å²) in [7, 11) is -2.62. The quantitative estimate of drug-likeness (QED) is 0.789. The number of nitrogens with one attached hydrogen (secondary N) is 1. The molecule has 2 rings (SSSR count). The Morgan fingerprint density at radius 3 is 2.41 bits per heavy atom. The predicted molar refractivity (Wildman–Crippen MR) is 87.7 cm³/mol. The molecule has 0 aliphatic carbocycles. The van der Waals surface area contributed by atoms with Gasteiger partial charge in [0.1, 0.15) is 0 Å². The van der Waals surface area contributed by atoms with Gasteiger partial charge in [-0.2, -0.15) is 0 Å². The first kappa shape index (κ1) is 16.8. The molecule has 0 heterocycles. The number of carbonyl (C=O) groups is 1. The number of benzene rings is 2. The Hall–Kier alpha value is -1.57. The van der Waals surface area contributed by atoms with E-state index in [4.69, 9.17) is 11.6 Å². The summed E-state index contributed by atoms with van der Waals surface area (Å²) in [5, 5.41) is 0.298. The number of halogens is 2. The molecule has 0 saturated heterocycles. The molecule has 0 atom stereocenters. The first-order chi connectivity index (χ1) is 10.3. The van der Waals surface area contributed by atoms with Crippen LogP contribution in [0.5, 0.6) is 0 Å². The van der Waals surface area contributed by atoms with Crippen LogP contribution in [0.3, 0.4) is 0 Å². The molecule has 0 saturated carbocycles. The fourth-order valence-corrected chi connectivity index (χ4v) is 3.22. The van der Waals surface area contributed by atoms with Crippen molar-refractivity contribution in [2.45, 2.75) is 4.90 Å². The molecule has 0 spiro atoms. The summed E-state index contributed by atoms with van der Waals surface area (Å²) in [5.74, 6) is -0.684. The largest absolute Gasteiger partial charge is 0.465 e. The van der Waals surface area contributed by atoms with Crippen molar-refractivity contribution >= 4 is 49.2 Å². The number of ether oxygens (including phenoxy) is 1. The minimum absolute atomic E-state index is 0.0377. The average Bonchev–Trinajstić information content (AvgIpc) is 2.48. The highest BCUT2D eigenvalue weighted by Crippen LogP contribution is 2.25. The Bertz CT molecular complexity index is 806.